The van der Waals surface area contributed by atoms with Gasteiger partial charge in [-0.15, -0.1) is 0 Å². The third-order valence-corrected chi connectivity index (χ3v) is 3.69. The lowest BCUT2D eigenvalue weighted by atomic mass is 10.0. The van der Waals surface area contributed by atoms with Gasteiger partial charge in [0, 0.05) is 22.9 Å². The highest BCUT2D eigenvalue weighted by Gasteiger charge is 2.09. The summed E-state index contributed by atoms with van der Waals surface area (Å²) in [6, 6.07) is 20.4. The van der Waals surface area contributed by atoms with Gasteiger partial charge in [0.05, 0.1) is 0 Å². The number of ether oxygens (including phenoxy) is 1. The number of aryl methyl sites for hydroxylation is 1. The van der Waals surface area contributed by atoms with E-state index in [9.17, 15) is 4.39 Å². The molecule has 0 heterocycles. The van der Waals surface area contributed by atoms with Crippen molar-refractivity contribution in [1.29, 1.82) is 0 Å². The highest BCUT2D eigenvalue weighted by atomic mass is 19.1. The van der Waals surface area contributed by atoms with Crippen molar-refractivity contribution in [2.75, 3.05) is 5.73 Å². The van der Waals surface area contributed by atoms with Crippen LogP contribution in [0.15, 0.2) is 66.7 Å². The van der Waals surface area contributed by atoms with Gasteiger partial charge in [-0.2, -0.15) is 0 Å². The van der Waals surface area contributed by atoms with Gasteiger partial charge in [0.1, 0.15) is 18.2 Å². The predicted molar refractivity (Wildman–Crippen MR) is 91.8 cm³/mol. The van der Waals surface area contributed by atoms with Gasteiger partial charge in [-0.25, -0.2) is 4.39 Å². The minimum Gasteiger partial charge on any atom is -0.489 e. The molecule has 3 heteroatoms. The van der Waals surface area contributed by atoms with E-state index in [4.69, 9.17) is 10.5 Å². The summed E-state index contributed by atoms with van der Waals surface area (Å²) >= 11 is 0. The smallest absolute Gasteiger partial charge is 0.131 e. The Balaban J connectivity index is 1.80. The summed E-state index contributed by atoms with van der Waals surface area (Å²) in [6.45, 7) is 2.33. The molecule has 0 atom stereocenters. The minimum absolute atomic E-state index is 0.269. The average molecular weight is 307 g/mol. The Bertz CT molecular complexity index is 815. The number of nitrogens with two attached hydrogens (primary N) is 1. The molecule has 3 rings (SSSR count). The number of nitrogen functional groups attached to an aromatic ring is 1. The molecule has 3 aromatic rings. The van der Waals surface area contributed by atoms with E-state index in [1.165, 1.54) is 6.07 Å². The highest BCUT2D eigenvalue weighted by molar-refractivity contribution is 5.77. The van der Waals surface area contributed by atoms with E-state index in [0.717, 1.165) is 11.1 Å². The molecule has 0 saturated carbocycles. The Kier molecular flexibility index (Phi) is 4.29. The van der Waals surface area contributed by atoms with Gasteiger partial charge in [-0.1, -0.05) is 42.5 Å². The van der Waals surface area contributed by atoms with E-state index < -0.39 is 0 Å². The van der Waals surface area contributed by atoms with Crippen molar-refractivity contribution in [3.05, 3.63) is 83.7 Å². The van der Waals surface area contributed by atoms with E-state index in [2.05, 4.69) is 0 Å². The molecule has 2 N–H and O–H groups in total. The van der Waals surface area contributed by atoms with E-state index in [-0.39, 0.29) is 5.82 Å². The zero-order chi connectivity index (χ0) is 16.2. The zero-order valence-electron chi connectivity index (χ0n) is 12.9. The number of halogens is 1. The molecule has 0 saturated heterocycles. The molecule has 0 amide bonds. The van der Waals surface area contributed by atoms with E-state index in [1.54, 1.807) is 18.2 Å². The van der Waals surface area contributed by atoms with Gasteiger partial charge >= 0.3 is 0 Å². The second kappa shape index (κ2) is 6.53. The monoisotopic (exact) mass is 307 g/mol. The van der Waals surface area contributed by atoms with Crippen molar-refractivity contribution >= 4 is 5.69 Å². The Morgan fingerprint density at radius 2 is 1.65 bits per heavy atom. The van der Waals surface area contributed by atoms with Gasteiger partial charge in [0.2, 0.25) is 0 Å². The lowest BCUT2D eigenvalue weighted by Crippen LogP contribution is -1.98. The molecule has 0 radical (unpaired) electrons. The van der Waals surface area contributed by atoms with Crippen LogP contribution >= 0.6 is 0 Å². The molecule has 0 bridgehead atoms. The number of hydrogen-bond donors (Lipinski definition) is 1. The fourth-order valence-corrected chi connectivity index (χ4v) is 2.46. The molecule has 0 aromatic heterocycles. The average Bonchev–Trinajstić information content (AvgIpc) is 2.55. The van der Waals surface area contributed by atoms with Crippen molar-refractivity contribution in [2.45, 2.75) is 13.5 Å². The standard InChI is InChI=1S/C20H18FNO/c1-14-7-9-17(19(21)11-14)18-10-8-16(12-20(18)22)23-13-15-5-3-2-4-6-15/h2-12H,13,22H2,1H3. The maximum atomic E-state index is 14.1. The van der Waals surface area contributed by atoms with Gasteiger partial charge < -0.3 is 10.5 Å². The van der Waals surface area contributed by atoms with Crippen molar-refractivity contribution in [2.24, 2.45) is 0 Å². The van der Waals surface area contributed by atoms with Crippen molar-refractivity contribution in [3.8, 4) is 16.9 Å². The molecule has 0 unspecified atom stereocenters. The van der Waals surface area contributed by atoms with Gasteiger partial charge in [0.15, 0.2) is 0 Å². The Labute approximate surface area is 135 Å². The summed E-state index contributed by atoms with van der Waals surface area (Å²) in [5.41, 5.74) is 9.72. The fraction of sp³-hybridized carbons (Fsp3) is 0.100. The van der Waals surface area contributed by atoms with Crippen LogP contribution in [0, 0.1) is 12.7 Å². The van der Waals surface area contributed by atoms with Crippen molar-refractivity contribution in [1.82, 2.24) is 0 Å². The molecule has 23 heavy (non-hydrogen) atoms. The third kappa shape index (κ3) is 3.51. The summed E-state index contributed by atoms with van der Waals surface area (Å²) in [4.78, 5) is 0. The van der Waals surface area contributed by atoms with E-state index in [1.807, 2.05) is 49.4 Å². The zero-order valence-corrected chi connectivity index (χ0v) is 12.9. The molecule has 0 fully saturated rings. The molecule has 0 aliphatic rings. The van der Waals surface area contributed by atoms with Crippen LogP contribution in [0.4, 0.5) is 10.1 Å². The fourth-order valence-electron chi connectivity index (χ4n) is 2.46. The first-order valence-electron chi connectivity index (χ1n) is 7.46. The largest absolute Gasteiger partial charge is 0.489 e. The predicted octanol–water partition coefficient (Wildman–Crippen LogP) is 4.96. The maximum Gasteiger partial charge on any atom is 0.131 e. The topological polar surface area (TPSA) is 35.2 Å². The van der Waals surface area contributed by atoms with Crippen molar-refractivity contribution in [3.63, 3.8) is 0 Å². The number of hydrogen-bond acceptors (Lipinski definition) is 2. The Morgan fingerprint density at radius 3 is 2.35 bits per heavy atom. The second-order valence-electron chi connectivity index (χ2n) is 5.51. The minimum atomic E-state index is -0.269. The summed E-state index contributed by atoms with van der Waals surface area (Å²) in [5.74, 6) is 0.400. The quantitative estimate of drug-likeness (QED) is 0.691. The summed E-state index contributed by atoms with van der Waals surface area (Å²) in [5, 5.41) is 0. The lowest BCUT2D eigenvalue weighted by molar-refractivity contribution is 0.306. The van der Waals surface area contributed by atoms with E-state index >= 15 is 0 Å². The first-order chi connectivity index (χ1) is 11.1. The molecule has 0 spiro atoms. The van der Waals surface area contributed by atoms with Crippen LogP contribution in [-0.4, -0.2) is 0 Å². The maximum absolute atomic E-state index is 14.1. The molecular weight excluding hydrogens is 289 g/mol. The SMILES string of the molecule is Cc1ccc(-c2ccc(OCc3ccccc3)cc2N)c(F)c1. The van der Waals surface area contributed by atoms with Crippen molar-refractivity contribution < 1.29 is 9.13 Å². The number of benzene rings is 3. The molecule has 116 valence electrons. The molecule has 3 aromatic carbocycles. The van der Waals surface area contributed by atoms with Crippen LogP contribution < -0.4 is 10.5 Å². The van der Waals surface area contributed by atoms with Gasteiger partial charge in [-0.3, -0.25) is 0 Å². The van der Waals surface area contributed by atoms with Gasteiger partial charge in [0.25, 0.3) is 0 Å². The first kappa shape index (κ1) is 15.1. The summed E-state index contributed by atoms with van der Waals surface area (Å²) < 4.78 is 19.8. The van der Waals surface area contributed by atoms with Gasteiger partial charge in [-0.05, 0) is 36.2 Å². The van der Waals surface area contributed by atoms with Crippen LogP contribution in [-0.2, 0) is 6.61 Å². The molecule has 0 aliphatic carbocycles. The number of anilines is 1. The normalized spacial score (nSPS) is 10.5. The Morgan fingerprint density at radius 1 is 0.913 bits per heavy atom. The van der Waals surface area contributed by atoms with Crippen LogP contribution in [0.1, 0.15) is 11.1 Å². The van der Waals surface area contributed by atoms with E-state index in [0.29, 0.717) is 29.2 Å². The molecular formula is C20H18FNO. The third-order valence-electron chi connectivity index (χ3n) is 3.69. The Hall–Kier alpha value is -2.81. The summed E-state index contributed by atoms with van der Waals surface area (Å²) in [6.07, 6.45) is 0. The first-order valence-corrected chi connectivity index (χ1v) is 7.46. The molecule has 0 aliphatic heterocycles. The van der Waals surface area contributed by atoms with Crippen LogP contribution in [0.25, 0.3) is 11.1 Å². The van der Waals surface area contributed by atoms with Crippen LogP contribution in [0.3, 0.4) is 0 Å². The number of rotatable bonds is 4. The molecule has 2 nitrogen and oxygen atoms in total. The highest BCUT2D eigenvalue weighted by Crippen LogP contribution is 2.31. The van der Waals surface area contributed by atoms with Crippen LogP contribution in [0.5, 0.6) is 5.75 Å². The second-order valence-corrected chi connectivity index (χ2v) is 5.51. The lowest BCUT2D eigenvalue weighted by Gasteiger charge is -2.11. The summed E-state index contributed by atoms with van der Waals surface area (Å²) in [7, 11) is 0. The van der Waals surface area contributed by atoms with Crippen LogP contribution in [0.2, 0.25) is 0 Å².